The molecule has 3 heteroatoms. The molecule has 1 unspecified atom stereocenters. The van der Waals surface area contributed by atoms with Gasteiger partial charge in [-0.3, -0.25) is 0 Å². The van der Waals surface area contributed by atoms with Gasteiger partial charge in [0.15, 0.2) is 5.79 Å². The van der Waals surface area contributed by atoms with Gasteiger partial charge in [-0.05, 0) is 13.3 Å². The van der Waals surface area contributed by atoms with Crippen molar-refractivity contribution in [2.75, 3.05) is 13.2 Å². The van der Waals surface area contributed by atoms with Crippen molar-refractivity contribution in [1.82, 2.24) is 0 Å². The second-order valence-corrected chi connectivity index (χ2v) is 3.52. The van der Waals surface area contributed by atoms with Crippen LogP contribution in [0.4, 0.5) is 0 Å². The van der Waals surface area contributed by atoms with Crippen LogP contribution in [0, 0.1) is 0 Å². The molecule has 0 heterocycles. The largest absolute Gasteiger partial charge is 0.388 e. The van der Waals surface area contributed by atoms with Crippen LogP contribution in [-0.4, -0.2) is 30.2 Å². The number of aliphatic hydroxyl groups excluding tert-OH is 1. The summed E-state index contributed by atoms with van der Waals surface area (Å²) in [5.74, 6) is -0.974. The summed E-state index contributed by atoms with van der Waals surface area (Å²) in [6.45, 7) is 11.6. The van der Waals surface area contributed by atoms with Gasteiger partial charge in [-0.15, -0.1) is 13.2 Å². The lowest BCUT2D eigenvalue weighted by Crippen LogP contribution is -2.45. The van der Waals surface area contributed by atoms with Crippen molar-refractivity contribution < 1.29 is 14.6 Å². The molecule has 0 saturated heterocycles. The third-order valence-electron chi connectivity index (χ3n) is 2.14. The van der Waals surface area contributed by atoms with E-state index in [0.717, 1.165) is 6.42 Å². The Balaban J connectivity index is 4.35. The molecule has 0 fully saturated rings. The van der Waals surface area contributed by atoms with Gasteiger partial charge in [0.05, 0.1) is 13.2 Å². The third kappa shape index (κ3) is 5.11. The first kappa shape index (κ1) is 14.4. The molecular weight excluding hydrogens is 192 g/mol. The molecule has 0 amide bonds. The molecule has 0 aromatic carbocycles. The van der Waals surface area contributed by atoms with E-state index in [9.17, 15) is 5.11 Å². The van der Waals surface area contributed by atoms with Crippen molar-refractivity contribution in [3.63, 3.8) is 0 Å². The fourth-order valence-electron chi connectivity index (χ4n) is 1.22. The summed E-state index contributed by atoms with van der Waals surface area (Å²) in [4.78, 5) is 0. The fraction of sp³-hybridized carbons (Fsp3) is 0.667. The molecule has 88 valence electrons. The maximum absolute atomic E-state index is 9.90. The van der Waals surface area contributed by atoms with E-state index in [1.807, 2.05) is 6.92 Å². The number of rotatable bonds is 9. The molecule has 0 aliphatic heterocycles. The van der Waals surface area contributed by atoms with Gasteiger partial charge < -0.3 is 14.6 Å². The van der Waals surface area contributed by atoms with Crippen molar-refractivity contribution in [3.05, 3.63) is 25.3 Å². The topological polar surface area (TPSA) is 38.7 Å². The predicted octanol–water partition coefficient (Wildman–Crippen LogP) is 2.27. The van der Waals surface area contributed by atoms with Crippen LogP contribution >= 0.6 is 0 Å². The molecule has 0 aromatic rings. The molecule has 0 aliphatic rings. The minimum atomic E-state index is -0.974. The van der Waals surface area contributed by atoms with Gasteiger partial charge in [-0.1, -0.05) is 25.5 Å². The molecule has 1 atom stereocenters. The zero-order valence-corrected chi connectivity index (χ0v) is 9.74. The monoisotopic (exact) mass is 214 g/mol. The first-order chi connectivity index (χ1) is 7.10. The number of hydrogen-bond donors (Lipinski definition) is 1. The Morgan fingerprint density at radius 1 is 1.27 bits per heavy atom. The van der Waals surface area contributed by atoms with Gasteiger partial charge in [0.25, 0.3) is 0 Å². The SMILES string of the molecule is C=CCOC(C)(OCC=C)C(O)CCC. The summed E-state index contributed by atoms with van der Waals surface area (Å²) in [5, 5.41) is 9.90. The van der Waals surface area contributed by atoms with Gasteiger partial charge in [0.2, 0.25) is 0 Å². The average Bonchev–Trinajstić information content (AvgIpc) is 2.24. The van der Waals surface area contributed by atoms with Gasteiger partial charge in [-0.2, -0.15) is 0 Å². The van der Waals surface area contributed by atoms with Gasteiger partial charge >= 0.3 is 0 Å². The zero-order valence-electron chi connectivity index (χ0n) is 9.74. The highest BCUT2D eigenvalue weighted by atomic mass is 16.7. The maximum atomic E-state index is 9.90. The summed E-state index contributed by atoms with van der Waals surface area (Å²) in [5.41, 5.74) is 0. The smallest absolute Gasteiger partial charge is 0.192 e. The molecule has 0 saturated carbocycles. The summed E-state index contributed by atoms with van der Waals surface area (Å²) in [7, 11) is 0. The van der Waals surface area contributed by atoms with E-state index in [2.05, 4.69) is 13.2 Å². The fourth-order valence-corrected chi connectivity index (χ4v) is 1.22. The Hall–Kier alpha value is -0.640. The maximum Gasteiger partial charge on any atom is 0.192 e. The van der Waals surface area contributed by atoms with E-state index in [0.29, 0.717) is 19.6 Å². The molecule has 0 radical (unpaired) electrons. The van der Waals surface area contributed by atoms with Gasteiger partial charge in [-0.25, -0.2) is 0 Å². The second kappa shape index (κ2) is 7.63. The lowest BCUT2D eigenvalue weighted by molar-refractivity contribution is -0.264. The number of aliphatic hydroxyl groups is 1. The van der Waals surface area contributed by atoms with Crippen LogP contribution in [0.2, 0.25) is 0 Å². The molecule has 1 N–H and O–H groups in total. The summed E-state index contributed by atoms with van der Waals surface area (Å²) >= 11 is 0. The van der Waals surface area contributed by atoms with Crippen molar-refractivity contribution in [3.8, 4) is 0 Å². The molecule has 0 spiro atoms. The Morgan fingerprint density at radius 3 is 2.07 bits per heavy atom. The Morgan fingerprint density at radius 2 is 1.73 bits per heavy atom. The minimum absolute atomic E-state index is 0.356. The van der Waals surface area contributed by atoms with Crippen molar-refractivity contribution in [2.24, 2.45) is 0 Å². The van der Waals surface area contributed by atoms with Crippen LogP contribution in [-0.2, 0) is 9.47 Å². The first-order valence-corrected chi connectivity index (χ1v) is 5.28. The van der Waals surface area contributed by atoms with Gasteiger partial charge in [0.1, 0.15) is 6.10 Å². The van der Waals surface area contributed by atoms with Crippen molar-refractivity contribution in [1.29, 1.82) is 0 Å². The molecular formula is C12H22O3. The van der Waals surface area contributed by atoms with Crippen LogP contribution in [0.5, 0.6) is 0 Å². The average molecular weight is 214 g/mol. The highest BCUT2D eigenvalue weighted by molar-refractivity contribution is 4.79. The zero-order chi connectivity index (χ0) is 11.7. The van der Waals surface area contributed by atoms with E-state index in [4.69, 9.17) is 9.47 Å². The van der Waals surface area contributed by atoms with Crippen LogP contribution in [0.3, 0.4) is 0 Å². The molecule has 3 nitrogen and oxygen atoms in total. The van der Waals surface area contributed by atoms with E-state index < -0.39 is 11.9 Å². The normalized spacial score (nSPS) is 13.5. The molecule has 0 rings (SSSR count). The quantitative estimate of drug-likeness (QED) is 0.472. The first-order valence-electron chi connectivity index (χ1n) is 5.28. The predicted molar refractivity (Wildman–Crippen MR) is 61.6 cm³/mol. The van der Waals surface area contributed by atoms with Crippen molar-refractivity contribution in [2.45, 2.75) is 38.6 Å². The summed E-state index contributed by atoms with van der Waals surface area (Å²) < 4.78 is 10.9. The van der Waals surface area contributed by atoms with E-state index >= 15 is 0 Å². The molecule has 0 bridgehead atoms. The number of hydrogen-bond acceptors (Lipinski definition) is 3. The van der Waals surface area contributed by atoms with Crippen LogP contribution in [0.25, 0.3) is 0 Å². The Labute approximate surface area is 92.4 Å². The molecule has 15 heavy (non-hydrogen) atoms. The Kier molecular flexibility index (Phi) is 7.30. The second-order valence-electron chi connectivity index (χ2n) is 3.52. The molecule has 0 aliphatic carbocycles. The van der Waals surface area contributed by atoms with Crippen LogP contribution < -0.4 is 0 Å². The third-order valence-corrected chi connectivity index (χ3v) is 2.14. The Bertz CT molecular complexity index is 177. The van der Waals surface area contributed by atoms with Crippen LogP contribution in [0.1, 0.15) is 26.7 Å². The van der Waals surface area contributed by atoms with E-state index in [-0.39, 0.29) is 0 Å². The highest BCUT2D eigenvalue weighted by Crippen LogP contribution is 2.21. The minimum Gasteiger partial charge on any atom is -0.388 e. The standard InChI is InChI=1S/C12H22O3/c1-5-8-11(13)12(4,14-9-6-2)15-10-7-3/h6-7,11,13H,2-3,5,8-10H2,1,4H3. The summed E-state index contributed by atoms with van der Waals surface area (Å²) in [6, 6.07) is 0. The summed E-state index contributed by atoms with van der Waals surface area (Å²) in [6.07, 6.45) is 4.15. The van der Waals surface area contributed by atoms with E-state index in [1.165, 1.54) is 0 Å². The van der Waals surface area contributed by atoms with Gasteiger partial charge in [0, 0.05) is 0 Å². The molecule has 0 aromatic heterocycles. The van der Waals surface area contributed by atoms with E-state index in [1.54, 1.807) is 19.1 Å². The van der Waals surface area contributed by atoms with Crippen molar-refractivity contribution >= 4 is 0 Å². The lowest BCUT2D eigenvalue weighted by Gasteiger charge is -2.33. The lowest BCUT2D eigenvalue weighted by atomic mass is 10.1. The highest BCUT2D eigenvalue weighted by Gasteiger charge is 2.33. The van der Waals surface area contributed by atoms with Crippen LogP contribution in [0.15, 0.2) is 25.3 Å². The number of ether oxygens (including phenoxy) is 2.